The SMILES string of the molecule is NC(=O)NNONNC(N)=O. The Kier molecular flexibility index (Phi) is 4.47. The second-order valence-electron chi connectivity index (χ2n) is 1.28. The molecule has 11 heavy (non-hydrogen) atoms. The summed E-state index contributed by atoms with van der Waals surface area (Å²) in [6, 6.07) is -1.68. The van der Waals surface area contributed by atoms with E-state index in [1.54, 1.807) is 0 Å². The van der Waals surface area contributed by atoms with Gasteiger partial charge in [-0.15, -0.1) is 0 Å². The van der Waals surface area contributed by atoms with E-state index in [-0.39, 0.29) is 0 Å². The molecule has 0 unspecified atom stereocenters. The van der Waals surface area contributed by atoms with Gasteiger partial charge in [0.15, 0.2) is 0 Å². The Labute approximate surface area is 61.3 Å². The number of primary amides is 2. The first-order valence-electron chi connectivity index (χ1n) is 2.39. The molecule has 64 valence electrons. The Balaban J connectivity index is 3.03. The largest absolute Gasteiger partial charge is 0.350 e. The third-order valence-electron chi connectivity index (χ3n) is 0.451. The number of rotatable bonds is 4. The van der Waals surface area contributed by atoms with Crippen molar-refractivity contribution in [1.29, 1.82) is 0 Å². The fourth-order valence-corrected chi connectivity index (χ4v) is 0.177. The van der Waals surface area contributed by atoms with Crippen molar-refractivity contribution in [1.82, 2.24) is 22.0 Å². The van der Waals surface area contributed by atoms with Gasteiger partial charge >= 0.3 is 12.1 Å². The standard InChI is InChI=1S/C2H8N6O3/c3-1(9)5-7-11-8-6-2(4)10/h7-8H,(H3,3,5,9)(H3,4,6,10). The zero-order valence-electron chi connectivity index (χ0n) is 5.38. The molecule has 0 spiro atoms. The predicted molar refractivity (Wildman–Crippen MR) is 32.8 cm³/mol. The van der Waals surface area contributed by atoms with Gasteiger partial charge in [0, 0.05) is 0 Å². The lowest BCUT2D eigenvalue weighted by Gasteiger charge is -2.04. The smallest absolute Gasteiger partial charge is 0.328 e. The van der Waals surface area contributed by atoms with Crippen molar-refractivity contribution in [3.63, 3.8) is 0 Å². The molecule has 9 heteroatoms. The number of hydrogen-bond acceptors (Lipinski definition) is 5. The molecule has 0 rings (SSSR count). The monoisotopic (exact) mass is 164 g/mol. The maximum atomic E-state index is 9.93. The van der Waals surface area contributed by atoms with Gasteiger partial charge in [-0.3, -0.25) is 0 Å². The van der Waals surface area contributed by atoms with Crippen molar-refractivity contribution in [2.24, 2.45) is 11.5 Å². The number of carbonyl (C=O) groups excluding carboxylic acids is 2. The third-order valence-corrected chi connectivity index (χ3v) is 0.451. The average Bonchev–Trinajstić information content (AvgIpc) is 1.85. The quantitative estimate of drug-likeness (QED) is 0.196. The Morgan fingerprint density at radius 1 is 1.00 bits per heavy atom. The Bertz CT molecular complexity index is 131. The van der Waals surface area contributed by atoms with Crippen molar-refractivity contribution in [3.8, 4) is 0 Å². The average molecular weight is 164 g/mol. The zero-order chi connectivity index (χ0) is 8.69. The highest BCUT2D eigenvalue weighted by Gasteiger charge is 1.89. The summed E-state index contributed by atoms with van der Waals surface area (Å²) in [5.74, 6) is 0. The molecule has 0 aromatic heterocycles. The van der Waals surface area contributed by atoms with E-state index in [2.05, 4.69) is 16.4 Å². The van der Waals surface area contributed by atoms with E-state index in [0.29, 0.717) is 0 Å². The molecule has 0 heterocycles. The van der Waals surface area contributed by atoms with Crippen molar-refractivity contribution < 1.29 is 14.5 Å². The van der Waals surface area contributed by atoms with Crippen LogP contribution in [-0.4, -0.2) is 12.1 Å². The molecule has 8 N–H and O–H groups in total. The number of nitrogens with two attached hydrogens (primary N) is 2. The molecule has 0 aliphatic heterocycles. The van der Waals surface area contributed by atoms with Crippen LogP contribution in [-0.2, 0) is 4.94 Å². The van der Waals surface area contributed by atoms with E-state index in [1.807, 2.05) is 22.0 Å². The summed E-state index contributed by atoms with van der Waals surface area (Å²) in [5, 5.41) is 0. The van der Waals surface area contributed by atoms with Gasteiger partial charge in [-0.05, 0) is 0 Å². The lowest BCUT2D eigenvalue weighted by molar-refractivity contribution is -0.0685. The molecule has 0 aliphatic rings. The van der Waals surface area contributed by atoms with Gasteiger partial charge in [0.1, 0.15) is 0 Å². The maximum Gasteiger partial charge on any atom is 0.328 e. The lowest BCUT2D eigenvalue weighted by Crippen LogP contribution is -2.49. The molecule has 4 amide bonds. The summed E-state index contributed by atoms with van der Waals surface area (Å²) in [6.07, 6.45) is 0. The summed E-state index contributed by atoms with van der Waals surface area (Å²) in [6.45, 7) is 0. The van der Waals surface area contributed by atoms with Gasteiger partial charge in [0.25, 0.3) is 0 Å². The zero-order valence-corrected chi connectivity index (χ0v) is 5.38. The van der Waals surface area contributed by atoms with Gasteiger partial charge in [-0.25, -0.2) is 20.4 Å². The number of carbonyl (C=O) groups is 2. The van der Waals surface area contributed by atoms with Crippen molar-refractivity contribution in [2.75, 3.05) is 0 Å². The third kappa shape index (κ3) is 8.42. The fourth-order valence-electron chi connectivity index (χ4n) is 0.177. The van der Waals surface area contributed by atoms with E-state index in [0.717, 1.165) is 0 Å². The Hall–Kier alpha value is -1.58. The van der Waals surface area contributed by atoms with E-state index in [9.17, 15) is 9.59 Å². The van der Waals surface area contributed by atoms with Crippen LogP contribution in [0, 0.1) is 0 Å². The summed E-state index contributed by atoms with van der Waals surface area (Å²) >= 11 is 0. The van der Waals surface area contributed by atoms with Crippen molar-refractivity contribution in [3.05, 3.63) is 0 Å². The van der Waals surface area contributed by atoms with Gasteiger partial charge in [0.05, 0.1) is 0 Å². The van der Waals surface area contributed by atoms with Gasteiger partial charge in [-0.2, -0.15) is 4.94 Å². The van der Waals surface area contributed by atoms with E-state index < -0.39 is 12.1 Å². The summed E-state index contributed by atoms with van der Waals surface area (Å²) < 4.78 is 0. The molecule has 0 atom stereocenters. The summed E-state index contributed by atoms with van der Waals surface area (Å²) in [5.41, 5.74) is 16.5. The van der Waals surface area contributed by atoms with E-state index in [1.165, 1.54) is 0 Å². The molecule has 0 bridgehead atoms. The number of urea groups is 2. The topological polar surface area (TPSA) is 144 Å². The van der Waals surface area contributed by atoms with E-state index >= 15 is 0 Å². The second-order valence-corrected chi connectivity index (χ2v) is 1.28. The first-order valence-corrected chi connectivity index (χ1v) is 2.39. The molecule has 9 nitrogen and oxygen atoms in total. The highest BCUT2D eigenvalue weighted by atomic mass is 16.8. The van der Waals surface area contributed by atoms with Crippen LogP contribution in [0.15, 0.2) is 0 Å². The Morgan fingerprint density at radius 3 is 1.64 bits per heavy atom. The second kappa shape index (κ2) is 5.22. The van der Waals surface area contributed by atoms with Crippen LogP contribution >= 0.6 is 0 Å². The number of nitrogens with one attached hydrogen (secondary N) is 4. The normalized spacial score (nSPS) is 8.73. The first-order chi connectivity index (χ1) is 5.13. The fraction of sp³-hybridized carbons (Fsp3) is 0. The van der Waals surface area contributed by atoms with Gasteiger partial charge < -0.3 is 11.5 Å². The van der Waals surface area contributed by atoms with Crippen molar-refractivity contribution in [2.45, 2.75) is 0 Å². The van der Waals surface area contributed by atoms with E-state index in [4.69, 9.17) is 0 Å². The van der Waals surface area contributed by atoms with Crippen LogP contribution in [0.1, 0.15) is 0 Å². The minimum Gasteiger partial charge on any atom is -0.350 e. The number of amides is 4. The molecular formula is C2H8N6O3. The van der Waals surface area contributed by atoms with Gasteiger partial charge in [-0.1, -0.05) is 11.2 Å². The molecule has 0 fully saturated rings. The molecule has 0 saturated carbocycles. The first kappa shape index (κ1) is 9.42. The summed E-state index contributed by atoms with van der Waals surface area (Å²) in [7, 11) is 0. The predicted octanol–water partition coefficient (Wildman–Crippen LogP) is -2.82. The van der Waals surface area contributed by atoms with Crippen LogP contribution in [0.3, 0.4) is 0 Å². The van der Waals surface area contributed by atoms with Crippen LogP contribution < -0.4 is 33.5 Å². The molecule has 0 radical (unpaired) electrons. The van der Waals surface area contributed by atoms with Crippen LogP contribution in [0.2, 0.25) is 0 Å². The van der Waals surface area contributed by atoms with Crippen LogP contribution in [0.5, 0.6) is 0 Å². The van der Waals surface area contributed by atoms with Crippen molar-refractivity contribution >= 4 is 12.1 Å². The van der Waals surface area contributed by atoms with Gasteiger partial charge in [0.2, 0.25) is 0 Å². The highest BCUT2D eigenvalue weighted by Crippen LogP contribution is 1.50. The molecule has 0 aromatic carbocycles. The molecular weight excluding hydrogens is 156 g/mol. The lowest BCUT2D eigenvalue weighted by atomic mass is 11.2. The highest BCUT2D eigenvalue weighted by molar-refractivity contribution is 5.71. The minimum atomic E-state index is -0.842. The molecule has 0 saturated heterocycles. The molecule has 0 aromatic rings. The maximum absolute atomic E-state index is 9.93. The minimum absolute atomic E-state index is 0.842. The van der Waals surface area contributed by atoms with Crippen LogP contribution in [0.4, 0.5) is 9.59 Å². The van der Waals surface area contributed by atoms with Crippen LogP contribution in [0.25, 0.3) is 0 Å². The molecule has 0 aliphatic carbocycles. The number of hydrogen-bond donors (Lipinski definition) is 6. The summed E-state index contributed by atoms with van der Waals surface area (Å²) in [4.78, 5) is 24.0. The number of hydrazine groups is 2. The Morgan fingerprint density at radius 2 is 1.36 bits per heavy atom.